The number of carboxylic acids is 1. The van der Waals surface area contributed by atoms with Crippen molar-refractivity contribution in [2.45, 2.75) is 32.1 Å². The number of hydrogen-bond acceptors (Lipinski definition) is 2. The van der Waals surface area contributed by atoms with E-state index in [9.17, 15) is 4.79 Å². The van der Waals surface area contributed by atoms with E-state index in [1.54, 1.807) is 0 Å². The van der Waals surface area contributed by atoms with Crippen LogP contribution < -0.4 is 0 Å². The second-order valence-electron chi connectivity index (χ2n) is 4.64. The Morgan fingerprint density at radius 1 is 1.21 bits per heavy atom. The van der Waals surface area contributed by atoms with Crippen LogP contribution in [-0.4, -0.2) is 35.6 Å². The van der Waals surface area contributed by atoms with Crippen molar-refractivity contribution in [3.63, 3.8) is 0 Å². The lowest BCUT2D eigenvalue weighted by Crippen LogP contribution is -2.31. The molecule has 1 aliphatic carbocycles. The van der Waals surface area contributed by atoms with E-state index >= 15 is 0 Å². The van der Waals surface area contributed by atoms with Crippen molar-refractivity contribution in [1.82, 2.24) is 4.90 Å². The molecule has 0 radical (unpaired) electrons. The third-order valence-electron chi connectivity index (χ3n) is 3.67. The van der Waals surface area contributed by atoms with Crippen LogP contribution in [0.15, 0.2) is 0 Å². The van der Waals surface area contributed by atoms with Crippen LogP contribution in [0.5, 0.6) is 0 Å². The van der Waals surface area contributed by atoms with Crippen molar-refractivity contribution >= 4 is 5.97 Å². The molecule has 14 heavy (non-hydrogen) atoms. The summed E-state index contributed by atoms with van der Waals surface area (Å²) in [4.78, 5) is 13.4. The zero-order valence-corrected chi connectivity index (χ0v) is 8.61. The summed E-state index contributed by atoms with van der Waals surface area (Å²) >= 11 is 0. The first kappa shape index (κ1) is 9.97. The molecule has 0 aromatic heterocycles. The fourth-order valence-corrected chi connectivity index (χ4v) is 2.88. The molecule has 3 heteroatoms. The number of carboxylic acid groups (broad SMARTS) is 1. The highest BCUT2D eigenvalue weighted by atomic mass is 16.4. The van der Waals surface area contributed by atoms with Gasteiger partial charge < -0.3 is 10.0 Å². The first-order valence-electron chi connectivity index (χ1n) is 5.72. The van der Waals surface area contributed by atoms with Crippen molar-refractivity contribution in [1.29, 1.82) is 0 Å². The summed E-state index contributed by atoms with van der Waals surface area (Å²) in [6, 6.07) is 0. The van der Waals surface area contributed by atoms with Gasteiger partial charge in [-0.25, -0.2) is 0 Å². The number of likely N-dealkylation sites (tertiary alicyclic amines) is 1. The van der Waals surface area contributed by atoms with Crippen molar-refractivity contribution in [2.24, 2.45) is 11.8 Å². The third-order valence-corrected chi connectivity index (χ3v) is 3.67. The van der Waals surface area contributed by atoms with Crippen LogP contribution in [0.3, 0.4) is 0 Å². The molecule has 0 amide bonds. The van der Waals surface area contributed by atoms with Gasteiger partial charge in [-0.2, -0.15) is 0 Å². The summed E-state index contributed by atoms with van der Waals surface area (Å²) in [6.45, 7) is 3.39. The van der Waals surface area contributed by atoms with Crippen LogP contribution in [0.1, 0.15) is 32.1 Å². The Hall–Kier alpha value is -0.570. The summed E-state index contributed by atoms with van der Waals surface area (Å²) in [5, 5.41) is 9.04. The van der Waals surface area contributed by atoms with Crippen LogP contribution in [-0.2, 0) is 4.79 Å². The smallest absolute Gasteiger partial charge is 0.306 e. The van der Waals surface area contributed by atoms with Gasteiger partial charge in [0, 0.05) is 6.54 Å². The van der Waals surface area contributed by atoms with Crippen LogP contribution in [0.2, 0.25) is 0 Å². The maximum atomic E-state index is 11.0. The van der Waals surface area contributed by atoms with Gasteiger partial charge >= 0.3 is 5.97 Å². The number of aliphatic carboxylic acids is 1. The van der Waals surface area contributed by atoms with Gasteiger partial charge in [-0.05, 0) is 44.7 Å². The molecule has 1 saturated carbocycles. The Balaban J connectivity index is 1.86. The van der Waals surface area contributed by atoms with Crippen LogP contribution in [0.4, 0.5) is 0 Å². The van der Waals surface area contributed by atoms with E-state index in [-0.39, 0.29) is 5.92 Å². The van der Waals surface area contributed by atoms with Gasteiger partial charge in [-0.15, -0.1) is 0 Å². The van der Waals surface area contributed by atoms with E-state index < -0.39 is 5.97 Å². The van der Waals surface area contributed by atoms with Gasteiger partial charge in [0.2, 0.25) is 0 Å². The zero-order valence-electron chi connectivity index (χ0n) is 8.61. The average Bonchev–Trinajstić information content (AvgIpc) is 2.75. The SMILES string of the molecule is O=C(O)C1CCCC1CN1CCCC1. The van der Waals surface area contributed by atoms with Crippen molar-refractivity contribution in [2.75, 3.05) is 19.6 Å². The van der Waals surface area contributed by atoms with Gasteiger partial charge in [0.05, 0.1) is 5.92 Å². The summed E-state index contributed by atoms with van der Waals surface area (Å²) in [6.07, 6.45) is 5.71. The maximum absolute atomic E-state index is 11.0. The largest absolute Gasteiger partial charge is 0.481 e. The fraction of sp³-hybridized carbons (Fsp3) is 0.909. The lowest BCUT2D eigenvalue weighted by Gasteiger charge is -2.22. The minimum absolute atomic E-state index is 0.0596. The maximum Gasteiger partial charge on any atom is 0.306 e. The first-order valence-corrected chi connectivity index (χ1v) is 5.72. The Morgan fingerprint density at radius 3 is 2.57 bits per heavy atom. The molecule has 1 saturated heterocycles. The van der Waals surface area contributed by atoms with Crippen molar-refractivity contribution in [3.05, 3.63) is 0 Å². The molecule has 0 spiro atoms. The Labute approximate surface area is 85.1 Å². The monoisotopic (exact) mass is 197 g/mol. The molecule has 1 aliphatic heterocycles. The summed E-state index contributed by atoms with van der Waals surface area (Å²) in [5.74, 6) is -0.215. The van der Waals surface area contributed by atoms with Gasteiger partial charge in [-0.1, -0.05) is 6.42 Å². The van der Waals surface area contributed by atoms with Crippen LogP contribution in [0.25, 0.3) is 0 Å². The number of rotatable bonds is 3. The molecule has 2 fully saturated rings. The molecule has 0 aromatic rings. The van der Waals surface area contributed by atoms with E-state index in [4.69, 9.17) is 5.11 Å². The van der Waals surface area contributed by atoms with Gasteiger partial charge in [0.25, 0.3) is 0 Å². The molecule has 2 unspecified atom stereocenters. The van der Waals surface area contributed by atoms with E-state index in [0.29, 0.717) is 5.92 Å². The Kier molecular flexibility index (Phi) is 3.06. The van der Waals surface area contributed by atoms with Crippen molar-refractivity contribution in [3.8, 4) is 0 Å². The highest BCUT2D eigenvalue weighted by Gasteiger charge is 2.34. The minimum atomic E-state index is -0.577. The molecular weight excluding hydrogens is 178 g/mol. The molecule has 2 atom stereocenters. The van der Waals surface area contributed by atoms with Crippen LogP contribution >= 0.6 is 0 Å². The highest BCUT2D eigenvalue weighted by Crippen LogP contribution is 2.33. The number of carbonyl (C=O) groups is 1. The zero-order chi connectivity index (χ0) is 9.97. The minimum Gasteiger partial charge on any atom is -0.481 e. The predicted molar refractivity (Wildman–Crippen MR) is 54.1 cm³/mol. The molecule has 2 rings (SSSR count). The standard InChI is InChI=1S/C11H19NO2/c13-11(14)10-5-3-4-9(10)8-12-6-1-2-7-12/h9-10H,1-8H2,(H,13,14). The van der Waals surface area contributed by atoms with Crippen LogP contribution in [0, 0.1) is 11.8 Å². The molecular formula is C11H19NO2. The van der Waals surface area contributed by atoms with Gasteiger partial charge in [0.15, 0.2) is 0 Å². The normalized spacial score (nSPS) is 33.7. The molecule has 1 N–H and O–H groups in total. The number of nitrogens with zero attached hydrogens (tertiary/aromatic N) is 1. The molecule has 1 heterocycles. The average molecular weight is 197 g/mol. The Bertz CT molecular complexity index is 211. The molecule has 3 nitrogen and oxygen atoms in total. The van der Waals surface area contributed by atoms with E-state index in [0.717, 1.165) is 25.8 Å². The van der Waals surface area contributed by atoms with E-state index in [2.05, 4.69) is 4.90 Å². The Morgan fingerprint density at radius 2 is 1.93 bits per heavy atom. The second-order valence-corrected chi connectivity index (χ2v) is 4.64. The fourth-order valence-electron chi connectivity index (χ4n) is 2.88. The first-order chi connectivity index (χ1) is 6.77. The molecule has 80 valence electrons. The predicted octanol–water partition coefficient (Wildman–Crippen LogP) is 1.58. The second kappa shape index (κ2) is 4.30. The van der Waals surface area contributed by atoms with E-state index in [1.165, 1.54) is 25.9 Å². The highest BCUT2D eigenvalue weighted by molar-refractivity contribution is 5.70. The molecule has 2 aliphatic rings. The molecule has 0 aromatic carbocycles. The summed E-state index contributed by atoms with van der Waals surface area (Å²) in [7, 11) is 0. The third kappa shape index (κ3) is 2.08. The van der Waals surface area contributed by atoms with Crippen molar-refractivity contribution < 1.29 is 9.90 Å². The van der Waals surface area contributed by atoms with E-state index in [1.807, 2.05) is 0 Å². The lowest BCUT2D eigenvalue weighted by molar-refractivity contribution is -0.143. The number of hydrogen-bond donors (Lipinski definition) is 1. The topological polar surface area (TPSA) is 40.5 Å². The summed E-state index contributed by atoms with van der Waals surface area (Å²) in [5.41, 5.74) is 0. The van der Waals surface area contributed by atoms with Gasteiger partial charge in [-0.3, -0.25) is 4.79 Å². The van der Waals surface area contributed by atoms with Gasteiger partial charge in [0.1, 0.15) is 0 Å². The molecule has 0 bridgehead atoms. The lowest BCUT2D eigenvalue weighted by atomic mass is 9.96. The quantitative estimate of drug-likeness (QED) is 0.746. The summed E-state index contributed by atoms with van der Waals surface area (Å²) < 4.78 is 0.